The van der Waals surface area contributed by atoms with E-state index in [4.69, 9.17) is 5.73 Å². The van der Waals surface area contributed by atoms with Gasteiger partial charge in [0.2, 0.25) is 5.91 Å². The van der Waals surface area contributed by atoms with Crippen LogP contribution in [-0.2, 0) is 4.79 Å². The fourth-order valence-corrected chi connectivity index (χ4v) is 2.13. The molecular weight excluding hydrogens is 262 g/mol. The first-order valence-corrected chi connectivity index (χ1v) is 5.34. The van der Waals surface area contributed by atoms with Crippen molar-refractivity contribution in [3.63, 3.8) is 0 Å². The number of hydrogen-bond acceptors (Lipinski definition) is 3. The molecule has 1 aromatic rings. The first-order chi connectivity index (χ1) is 7.09. The van der Waals surface area contributed by atoms with E-state index < -0.39 is 6.04 Å². The molecule has 1 aliphatic rings. The summed E-state index contributed by atoms with van der Waals surface area (Å²) in [4.78, 5) is 23.2. The lowest BCUT2D eigenvalue weighted by Crippen LogP contribution is -2.30. The van der Waals surface area contributed by atoms with E-state index >= 15 is 0 Å². The lowest BCUT2D eigenvalue weighted by molar-refractivity contribution is -0.121. The second-order valence-corrected chi connectivity index (χ2v) is 4.28. The van der Waals surface area contributed by atoms with Gasteiger partial charge in [-0.1, -0.05) is 0 Å². The Morgan fingerprint density at radius 1 is 1.53 bits per heavy atom. The molecule has 2 heterocycles. The minimum absolute atomic E-state index is 0.130. The lowest BCUT2D eigenvalue weighted by Gasteiger charge is -2.12. The lowest BCUT2D eigenvalue weighted by atomic mass is 10.2. The average molecular weight is 272 g/mol. The molecule has 0 radical (unpaired) electrons. The summed E-state index contributed by atoms with van der Waals surface area (Å²) in [5, 5.41) is 2.68. The first kappa shape index (κ1) is 10.2. The Balaban J connectivity index is 2.52. The molecule has 15 heavy (non-hydrogen) atoms. The number of amides is 1. The van der Waals surface area contributed by atoms with Gasteiger partial charge in [0.25, 0.3) is 5.56 Å². The van der Waals surface area contributed by atoms with Crippen LogP contribution in [0.1, 0.15) is 12.5 Å². The monoisotopic (exact) mass is 271 g/mol. The number of halogens is 1. The van der Waals surface area contributed by atoms with Crippen molar-refractivity contribution in [3.8, 4) is 0 Å². The summed E-state index contributed by atoms with van der Waals surface area (Å²) in [6.45, 7) is 0.600. The molecule has 0 spiro atoms. The van der Waals surface area contributed by atoms with Crippen LogP contribution in [0.5, 0.6) is 0 Å². The van der Waals surface area contributed by atoms with Crippen LogP contribution in [0.4, 0.5) is 5.69 Å². The molecule has 5 nitrogen and oxygen atoms in total. The van der Waals surface area contributed by atoms with E-state index in [0.29, 0.717) is 23.1 Å². The SMILES string of the molecule is Nc1cc(Br)c(=O)n(C2CCNC2=O)c1. The van der Waals surface area contributed by atoms with Crippen LogP contribution in [0.15, 0.2) is 21.5 Å². The Morgan fingerprint density at radius 2 is 2.27 bits per heavy atom. The van der Waals surface area contributed by atoms with E-state index in [-0.39, 0.29) is 11.5 Å². The van der Waals surface area contributed by atoms with Crippen LogP contribution in [0, 0.1) is 0 Å². The molecule has 3 N–H and O–H groups in total. The number of anilines is 1. The first-order valence-electron chi connectivity index (χ1n) is 4.54. The number of carbonyl (C=O) groups is 1. The summed E-state index contributed by atoms with van der Waals surface area (Å²) in [6, 6.07) is 1.10. The molecule has 0 bridgehead atoms. The number of aromatic nitrogens is 1. The molecule has 1 atom stereocenters. The van der Waals surface area contributed by atoms with E-state index in [0.717, 1.165) is 0 Å². The molecule has 0 saturated carbocycles. The van der Waals surface area contributed by atoms with Crippen molar-refractivity contribution in [1.82, 2.24) is 9.88 Å². The van der Waals surface area contributed by atoms with Crippen LogP contribution < -0.4 is 16.6 Å². The molecule has 0 aromatic carbocycles. The number of hydrogen-bond donors (Lipinski definition) is 2. The maximum atomic E-state index is 11.7. The second-order valence-electron chi connectivity index (χ2n) is 3.43. The van der Waals surface area contributed by atoms with Gasteiger partial charge in [-0.2, -0.15) is 0 Å². The Hall–Kier alpha value is -1.30. The molecule has 1 saturated heterocycles. The quantitative estimate of drug-likeness (QED) is 0.769. The van der Waals surface area contributed by atoms with Gasteiger partial charge < -0.3 is 11.1 Å². The molecule has 6 heteroatoms. The standard InChI is InChI=1S/C9H10BrN3O2/c10-6-3-5(11)4-13(9(6)15)7-1-2-12-8(7)14/h3-4,7H,1-2,11H2,(H,12,14). The highest BCUT2D eigenvalue weighted by Crippen LogP contribution is 2.17. The van der Waals surface area contributed by atoms with Crippen molar-refractivity contribution in [3.05, 3.63) is 27.1 Å². The molecule has 1 aromatic heterocycles. The van der Waals surface area contributed by atoms with Crippen molar-refractivity contribution in [1.29, 1.82) is 0 Å². The number of nitrogens with one attached hydrogen (secondary N) is 1. The van der Waals surface area contributed by atoms with Crippen LogP contribution in [0.25, 0.3) is 0 Å². The van der Waals surface area contributed by atoms with Crippen LogP contribution >= 0.6 is 15.9 Å². The zero-order valence-electron chi connectivity index (χ0n) is 7.87. The minimum Gasteiger partial charge on any atom is -0.398 e. The Kier molecular flexibility index (Phi) is 2.52. The van der Waals surface area contributed by atoms with Crippen molar-refractivity contribution in [2.24, 2.45) is 0 Å². The summed E-state index contributed by atoms with van der Waals surface area (Å²) in [5.74, 6) is -0.130. The molecule has 1 fully saturated rings. The van der Waals surface area contributed by atoms with Gasteiger partial charge in [0.1, 0.15) is 6.04 Å². The van der Waals surface area contributed by atoms with Crippen molar-refractivity contribution >= 4 is 27.5 Å². The van der Waals surface area contributed by atoms with Crippen molar-refractivity contribution < 1.29 is 4.79 Å². The fraction of sp³-hybridized carbons (Fsp3) is 0.333. The summed E-state index contributed by atoms with van der Waals surface area (Å²) >= 11 is 3.12. The average Bonchev–Trinajstić information content (AvgIpc) is 2.58. The minimum atomic E-state index is -0.433. The molecule has 2 rings (SSSR count). The van der Waals surface area contributed by atoms with Gasteiger partial charge in [-0.25, -0.2) is 0 Å². The van der Waals surface area contributed by atoms with Gasteiger partial charge in [-0.05, 0) is 28.4 Å². The molecule has 80 valence electrons. The topological polar surface area (TPSA) is 77.1 Å². The molecule has 1 aliphatic heterocycles. The Bertz CT molecular complexity index is 469. The third-order valence-electron chi connectivity index (χ3n) is 2.38. The maximum absolute atomic E-state index is 11.7. The number of nitrogens with two attached hydrogens (primary N) is 1. The predicted octanol–water partition coefficient (Wildman–Crippen LogP) is 0.254. The Morgan fingerprint density at radius 3 is 2.87 bits per heavy atom. The number of nitrogens with zero attached hydrogens (tertiary/aromatic N) is 1. The smallest absolute Gasteiger partial charge is 0.265 e. The normalized spacial score (nSPS) is 20.3. The molecule has 1 amide bonds. The van der Waals surface area contributed by atoms with Gasteiger partial charge in [-0.3, -0.25) is 14.2 Å². The Labute approximate surface area is 94.4 Å². The highest BCUT2D eigenvalue weighted by atomic mass is 79.9. The van der Waals surface area contributed by atoms with Crippen molar-refractivity contribution in [2.75, 3.05) is 12.3 Å². The van der Waals surface area contributed by atoms with Gasteiger partial charge in [0.15, 0.2) is 0 Å². The predicted molar refractivity (Wildman–Crippen MR) is 59.5 cm³/mol. The van der Waals surface area contributed by atoms with Crippen molar-refractivity contribution in [2.45, 2.75) is 12.5 Å². The van der Waals surface area contributed by atoms with E-state index in [1.165, 1.54) is 16.8 Å². The van der Waals surface area contributed by atoms with Gasteiger partial charge in [0, 0.05) is 18.4 Å². The van der Waals surface area contributed by atoms with Crippen LogP contribution in [0.2, 0.25) is 0 Å². The van der Waals surface area contributed by atoms with Gasteiger partial charge in [-0.15, -0.1) is 0 Å². The number of pyridine rings is 1. The third kappa shape index (κ3) is 1.77. The fourth-order valence-electron chi connectivity index (χ4n) is 1.67. The van der Waals surface area contributed by atoms with Gasteiger partial charge in [0.05, 0.1) is 4.47 Å². The number of nitrogen functional groups attached to an aromatic ring is 1. The highest BCUT2D eigenvalue weighted by molar-refractivity contribution is 9.10. The third-order valence-corrected chi connectivity index (χ3v) is 2.94. The van der Waals surface area contributed by atoms with E-state index in [9.17, 15) is 9.59 Å². The van der Waals surface area contributed by atoms with Crippen LogP contribution in [0.3, 0.4) is 0 Å². The maximum Gasteiger partial charge on any atom is 0.265 e. The molecule has 1 unspecified atom stereocenters. The van der Waals surface area contributed by atoms with E-state index in [1.807, 2.05) is 0 Å². The molecule has 0 aliphatic carbocycles. The zero-order valence-corrected chi connectivity index (χ0v) is 9.45. The largest absolute Gasteiger partial charge is 0.398 e. The van der Waals surface area contributed by atoms with Crippen LogP contribution in [-0.4, -0.2) is 17.0 Å². The number of carbonyl (C=O) groups excluding carboxylic acids is 1. The van der Waals surface area contributed by atoms with E-state index in [2.05, 4.69) is 21.2 Å². The summed E-state index contributed by atoms with van der Waals surface area (Å²) in [6.07, 6.45) is 2.12. The van der Waals surface area contributed by atoms with E-state index in [1.54, 1.807) is 0 Å². The summed E-state index contributed by atoms with van der Waals surface area (Å²) < 4.78 is 1.75. The summed E-state index contributed by atoms with van der Waals surface area (Å²) in [5.41, 5.74) is 5.85. The molecular formula is C9H10BrN3O2. The highest BCUT2D eigenvalue weighted by Gasteiger charge is 2.26. The zero-order chi connectivity index (χ0) is 11.0. The second kappa shape index (κ2) is 3.69. The summed E-state index contributed by atoms with van der Waals surface area (Å²) in [7, 11) is 0. The number of rotatable bonds is 1. The van der Waals surface area contributed by atoms with Gasteiger partial charge >= 0.3 is 0 Å².